The third-order valence-corrected chi connectivity index (χ3v) is 4.85. The van der Waals surface area contributed by atoms with Crippen LogP contribution in [0, 0.1) is 13.8 Å². The molecule has 0 aliphatic rings. The predicted molar refractivity (Wildman–Crippen MR) is 82.8 cm³/mol. The summed E-state index contributed by atoms with van der Waals surface area (Å²) in [4.78, 5) is 0.266. The second-order valence-electron chi connectivity index (χ2n) is 4.78. The predicted octanol–water partition coefficient (Wildman–Crippen LogP) is 1.22. The van der Waals surface area contributed by atoms with Crippen LogP contribution in [0.15, 0.2) is 17.0 Å². The summed E-state index contributed by atoms with van der Waals surface area (Å²) in [6.07, 6.45) is 0.601. The van der Waals surface area contributed by atoms with Crippen molar-refractivity contribution in [2.24, 2.45) is 0 Å². The molecule has 0 fully saturated rings. The lowest BCUT2D eigenvalue weighted by molar-refractivity contribution is 0.0699. The third kappa shape index (κ3) is 5.28. The SMILES string of the molecule is COCCOCCCNS(=O)(=O)c1c(C)ccc(N)c1C. The van der Waals surface area contributed by atoms with Gasteiger partial charge in [0, 0.05) is 25.9 Å². The van der Waals surface area contributed by atoms with E-state index in [-0.39, 0.29) is 4.90 Å². The molecule has 0 saturated carbocycles. The summed E-state index contributed by atoms with van der Waals surface area (Å²) in [5.41, 5.74) is 7.53. The van der Waals surface area contributed by atoms with E-state index in [1.165, 1.54) is 0 Å². The molecule has 0 amide bonds. The van der Waals surface area contributed by atoms with Crippen LogP contribution >= 0.6 is 0 Å². The number of aryl methyl sites for hydroxylation is 1. The highest BCUT2D eigenvalue weighted by Gasteiger charge is 2.20. The van der Waals surface area contributed by atoms with E-state index in [1.807, 2.05) is 0 Å². The van der Waals surface area contributed by atoms with Gasteiger partial charge in [-0.3, -0.25) is 0 Å². The van der Waals surface area contributed by atoms with E-state index in [9.17, 15) is 8.42 Å². The van der Waals surface area contributed by atoms with Gasteiger partial charge in [0.1, 0.15) is 0 Å². The number of nitrogens with one attached hydrogen (secondary N) is 1. The van der Waals surface area contributed by atoms with Gasteiger partial charge in [0.2, 0.25) is 10.0 Å². The Morgan fingerprint density at radius 3 is 2.57 bits per heavy atom. The van der Waals surface area contributed by atoms with Crippen molar-refractivity contribution < 1.29 is 17.9 Å². The summed E-state index contributed by atoms with van der Waals surface area (Å²) in [7, 11) is -1.95. The van der Waals surface area contributed by atoms with E-state index < -0.39 is 10.0 Å². The maximum absolute atomic E-state index is 12.3. The average Bonchev–Trinajstić information content (AvgIpc) is 2.42. The van der Waals surface area contributed by atoms with Crippen LogP contribution in [0.1, 0.15) is 17.5 Å². The molecule has 0 unspecified atom stereocenters. The molecule has 1 aromatic carbocycles. The molecule has 0 atom stereocenters. The van der Waals surface area contributed by atoms with Gasteiger partial charge in [-0.05, 0) is 37.5 Å². The Kier molecular flexibility index (Phi) is 7.10. The van der Waals surface area contributed by atoms with Crippen LogP contribution in [0.3, 0.4) is 0 Å². The zero-order valence-corrected chi connectivity index (χ0v) is 13.6. The molecule has 0 saturated heterocycles. The van der Waals surface area contributed by atoms with Crippen molar-refractivity contribution in [3.63, 3.8) is 0 Å². The van der Waals surface area contributed by atoms with Gasteiger partial charge in [0.05, 0.1) is 18.1 Å². The van der Waals surface area contributed by atoms with Crippen LogP contribution in [-0.4, -0.2) is 41.9 Å². The summed E-state index contributed by atoms with van der Waals surface area (Å²) < 4.78 is 37.4. The summed E-state index contributed by atoms with van der Waals surface area (Å²) in [5, 5.41) is 0. The molecule has 3 N–H and O–H groups in total. The number of rotatable bonds is 9. The van der Waals surface area contributed by atoms with Gasteiger partial charge in [-0.2, -0.15) is 0 Å². The highest BCUT2D eigenvalue weighted by molar-refractivity contribution is 7.89. The summed E-state index contributed by atoms with van der Waals surface area (Å²) in [5.74, 6) is 0. The summed E-state index contributed by atoms with van der Waals surface area (Å²) in [6, 6.07) is 3.43. The highest BCUT2D eigenvalue weighted by atomic mass is 32.2. The molecule has 0 aliphatic carbocycles. The second kappa shape index (κ2) is 8.33. The average molecular weight is 316 g/mol. The quantitative estimate of drug-likeness (QED) is 0.528. The first kappa shape index (κ1) is 17.9. The molecule has 6 nitrogen and oxygen atoms in total. The third-order valence-electron chi connectivity index (χ3n) is 3.10. The van der Waals surface area contributed by atoms with Gasteiger partial charge in [0.15, 0.2) is 0 Å². The smallest absolute Gasteiger partial charge is 0.241 e. The molecule has 120 valence electrons. The van der Waals surface area contributed by atoms with Crippen LogP contribution in [0.25, 0.3) is 0 Å². The lowest BCUT2D eigenvalue weighted by Gasteiger charge is -2.13. The molecular weight excluding hydrogens is 292 g/mol. The van der Waals surface area contributed by atoms with Crippen LogP contribution in [0.4, 0.5) is 5.69 Å². The fourth-order valence-corrected chi connectivity index (χ4v) is 3.52. The zero-order chi connectivity index (χ0) is 15.9. The van der Waals surface area contributed by atoms with Gasteiger partial charge >= 0.3 is 0 Å². The van der Waals surface area contributed by atoms with E-state index in [0.717, 1.165) is 0 Å². The number of hydrogen-bond donors (Lipinski definition) is 2. The maximum atomic E-state index is 12.3. The molecule has 0 aliphatic heterocycles. The van der Waals surface area contributed by atoms with E-state index in [4.69, 9.17) is 15.2 Å². The van der Waals surface area contributed by atoms with Gasteiger partial charge in [-0.15, -0.1) is 0 Å². The van der Waals surface area contributed by atoms with Crippen LogP contribution in [0.5, 0.6) is 0 Å². The van der Waals surface area contributed by atoms with Crippen LogP contribution < -0.4 is 10.5 Å². The molecule has 0 heterocycles. The molecule has 0 aromatic heterocycles. The fraction of sp³-hybridized carbons (Fsp3) is 0.571. The molecule has 1 aromatic rings. The first-order chi connectivity index (χ1) is 9.90. The maximum Gasteiger partial charge on any atom is 0.241 e. The second-order valence-corrected chi connectivity index (χ2v) is 6.49. The van der Waals surface area contributed by atoms with Gasteiger partial charge in [-0.1, -0.05) is 6.07 Å². The van der Waals surface area contributed by atoms with E-state index in [0.29, 0.717) is 49.6 Å². The van der Waals surface area contributed by atoms with Crippen molar-refractivity contribution in [1.29, 1.82) is 0 Å². The molecule has 7 heteroatoms. The molecule has 0 radical (unpaired) electrons. The largest absolute Gasteiger partial charge is 0.398 e. The zero-order valence-electron chi connectivity index (χ0n) is 12.8. The molecule has 0 bridgehead atoms. The van der Waals surface area contributed by atoms with Crippen molar-refractivity contribution in [3.05, 3.63) is 23.3 Å². The topological polar surface area (TPSA) is 90.6 Å². The molecule has 1 rings (SSSR count). The Bertz CT molecular complexity index is 558. The lowest BCUT2D eigenvalue weighted by Crippen LogP contribution is -2.27. The molecular formula is C14H24N2O4S. The van der Waals surface area contributed by atoms with Crippen molar-refractivity contribution >= 4 is 15.7 Å². The summed E-state index contributed by atoms with van der Waals surface area (Å²) >= 11 is 0. The number of benzene rings is 1. The molecule has 21 heavy (non-hydrogen) atoms. The van der Waals surface area contributed by atoms with Crippen molar-refractivity contribution in [2.45, 2.75) is 25.2 Å². The minimum atomic E-state index is -3.55. The standard InChI is InChI=1S/C14H24N2O4S/c1-11-5-6-13(15)12(2)14(11)21(17,18)16-7-4-8-20-10-9-19-3/h5-6,16H,4,7-10,15H2,1-3H3. The van der Waals surface area contributed by atoms with Crippen molar-refractivity contribution in [2.75, 3.05) is 39.2 Å². The number of anilines is 1. The minimum Gasteiger partial charge on any atom is -0.398 e. The van der Waals surface area contributed by atoms with Gasteiger partial charge in [-0.25, -0.2) is 13.1 Å². The number of nitrogen functional groups attached to an aromatic ring is 1. The van der Waals surface area contributed by atoms with Crippen molar-refractivity contribution in [3.8, 4) is 0 Å². The normalized spacial score (nSPS) is 11.8. The first-order valence-electron chi connectivity index (χ1n) is 6.82. The fourth-order valence-electron chi connectivity index (χ4n) is 1.95. The first-order valence-corrected chi connectivity index (χ1v) is 8.30. The minimum absolute atomic E-state index is 0.266. The number of ether oxygens (including phenoxy) is 2. The Balaban J connectivity index is 2.57. The van der Waals surface area contributed by atoms with E-state index in [1.54, 1.807) is 33.1 Å². The van der Waals surface area contributed by atoms with Crippen molar-refractivity contribution in [1.82, 2.24) is 4.72 Å². The van der Waals surface area contributed by atoms with E-state index >= 15 is 0 Å². The van der Waals surface area contributed by atoms with Gasteiger partial charge in [0.25, 0.3) is 0 Å². The number of hydrogen-bond acceptors (Lipinski definition) is 5. The van der Waals surface area contributed by atoms with Crippen LogP contribution in [-0.2, 0) is 19.5 Å². The summed E-state index contributed by atoms with van der Waals surface area (Å²) in [6.45, 7) is 5.33. The number of nitrogens with two attached hydrogens (primary N) is 1. The Morgan fingerprint density at radius 2 is 1.90 bits per heavy atom. The highest BCUT2D eigenvalue weighted by Crippen LogP contribution is 2.24. The Labute approximate surface area is 126 Å². The lowest BCUT2D eigenvalue weighted by atomic mass is 10.1. The monoisotopic (exact) mass is 316 g/mol. The Morgan fingerprint density at radius 1 is 1.19 bits per heavy atom. The Hall–Kier alpha value is -1.15. The van der Waals surface area contributed by atoms with E-state index in [2.05, 4.69) is 4.72 Å². The van der Waals surface area contributed by atoms with Gasteiger partial charge < -0.3 is 15.2 Å². The number of methoxy groups -OCH3 is 1. The van der Waals surface area contributed by atoms with Crippen LogP contribution in [0.2, 0.25) is 0 Å². The molecule has 0 spiro atoms. The number of sulfonamides is 1.